The summed E-state index contributed by atoms with van der Waals surface area (Å²) >= 11 is 0. The first-order valence-electron chi connectivity index (χ1n) is 5.24. The topological polar surface area (TPSA) is 95.1 Å². The number of hydrogen-bond donors (Lipinski definition) is 3. The third kappa shape index (κ3) is 2.22. The molecule has 0 atom stereocenters. The van der Waals surface area contributed by atoms with Gasteiger partial charge in [-0.05, 0) is 5.56 Å². The molecule has 0 spiro atoms. The SMILES string of the molecule is CC(=O)Nc1n[nH]c(C(=O)O)c1-c1ccccc1. The highest BCUT2D eigenvalue weighted by molar-refractivity contribution is 6.01. The average Bonchev–Trinajstić information content (AvgIpc) is 2.73. The summed E-state index contributed by atoms with van der Waals surface area (Å²) in [6.07, 6.45) is 0. The zero-order valence-electron chi connectivity index (χ0n) is 9.60. The maximum atomic E-state index is 11.1. The van der Waals surface area contributed by atoms with Crippen LogP contribution >= 0.6 is 0 Å². The van der Waals surface area contributed by atoms with Crippen molar-refractivity contribution in [3.8, 4) is 11.1 Å². The molecule has 2 aromatic rings. The van der Waals surface area contributed by atoms with E-state index in [4.69, 9.17) is 5.11 Å². The largest absolute Gasteiger partial charge is 0.477 e. The number of carbonyl (C=O) groups excluding carboxylic acids is 1. The average molecular weight is 245 g/mol. The number of aromatic nitrogens is 2. The molecule has 6 heteroatoms. The number of carboxylic acid groups (broad SMARTS) is 1. The van der Waals surface area contributed by atoms with Gasteiger partial charge < -0.3 is 10.4 Å². The molecule has 0 bridgehead atoms. The van der Waals surface area contributed by atoms with Crippen LogP contribution in [0.15, 0.2) is 30.3 Å². The highest BCUT2D eigenvalue weighted by Gasteiger charge is 2.20. The van der Waals surface area contributed by atoms with Gasteiger partial charge in [0.15, 0.2) is 11.5 Å². The Morgan fingerprint density at radius 1 is 1.28 bits per heavy atom. The Kier molecular flexibility index (Phi) is 3.09. The van der Waals surface area contributed by atoms with Crippen molar-refractivity contribution < 1.29 is 14.7 Å². The van der Waals surface area contributed by atoms with Gasteiger partial charge in [-0.15, -0.1) is 0 Å². The monoisotopic (exact) mass is 245 g/mol. The molecule has 0 saturated heterocycles. The number of carbonyl (C=O) groups is 2. The van der Waals surface area contributed by atoms with Gasteiger partial charge in [0.25, 0.3) is 0 Å². The molecule has 92 valence electrons. The van der Waals surface area contributed by atoms with Crippen LogP contribution in [0.25, 0.3) is 11.1 Å². The summed E-state index contributed by atoms with van der Waals surface area (Å²) in [5, 5.41) is 17.8. The van der Waals surface area contributed by atoms with E-state index < -0.39 is 5.97 Å². The molecule has 0 aliphatic heterocycles. The fourth-order valence-corrected chi connectivity index (χ4v) is 1.64. The number of aromatic carboxylic acids is 1. The number of anilines is 1. The number of benzene rings is 1. The predicted molar refractivity (Wildman–Crippen MR) is 65.3 cm³/mol. The maximum Gasteiger partial charge on any atom is 0.354 e. The molecule has 0 unspecified atom stereocenters. The van der Waals surface area contributed by atoms with Gasteiger partial charge in [-0.25, -0.2) is 4.79 Å². The fraction of sp³-hybridized carbons (Fsp3) is 0.0833. The van der Waals surface area contributed by atoms with Crippen LogP contribution in [0.2, 0.25) is 0 Å². The zero-order chi connectivity index (χ0) is 13.1. The summed E-state index contributed by atoms with van der Waals surface area (Å²) in [6.45, 7) is 1.34. The molecule has 3 N–H and O–H groups in total. The van der Waals surface area contributed by atoms with E-state index >= 15 is 0 Å². The first kappa shape index (κ1) is 11.8. The van der Waals surface area contributed by atoms with Crippen molar-refractivity contribution in [2.24, 2.45) is 0 Å². The van der Waals surface area contributed by atoms with Crippen LogP contribution in [0.1, 0.15) is 17.4 Å². The van der Waals surface area contributed by atoms with Gasteiger partial charge >= 0.3 is 5.97 Å². The van der Waals surface area contributed by atoms with Crippen molar-refractivity contribution in [2.45, 2.75) is 6.92 Å². The smallest absolute Gasteiger partial charge is 0.354 e. The van der Waals surface area contributed by atoms with E-state index in [-0.39, 0.29) is 17.4 Å². The van der Waals surface area contributed by atoms with Gasteiger partial charge in [0.2, 0.25) is 5.91 Å². The van der Waals surface area contributed by atoms with Gasteiger partial charge in [0.1, 0.15) is 0 Å². The van der Waals surface area contributed by atoms with Crippen LogP contribution in [-0.2, 0) is 4.79 Å². The Hall–Kier alpha value is -2.63. The predicted octanol–water partition coefficient (Wildman–Crippen LogP) is 1.73. The number of amides is 1. The zero-order valence-corrected chi connectivity index (χ0v) is 9.60. The van der Waals surface area contributed by atoms with Crippen molar-refractivity contribution in [1.82, 2.24) is 10.2 Å². The summed E-state index contributed by atoms with van der Waals surface area (Å²) in [6, 6.07) is 8.89. The summed E-state index contributed by atoms with van der Waals surface area (Å²) in [5.41, 5.74) is 0.996. The summed E-state index contributed by atoms with van der Waals surface area (Å²) < 4.78 is 0. The fourth-order valence-electron chi connectivity index (χ4n) is 1.64. The number of nitrogens with one attached hydrogen (secondary N) is 2. The first-order chi connectivity index (χ1) is 8.59. The molecule has 18 heavy (non-hydrogen) atoms. The Bertz CT molecular complexity index is 590. The molecule has 0 saturated carbocycles. The standard InChI is InChI=1S/C12H11N3O3/c1-7(16)13-11-9(8-5-3-2-4-6-8)10(12(17)18)14-15-11/h2-6H,1H3,(H,17,18)(H2,13,14,15,16). The van der Waals surface area contributed by atoms with Crippen molar-refractivity contribution in [1.29, 1.82) is 0 Å². The van der Waals surface area contributed by atoms with Gasteiger partial charge in [-0.3, -0.25) is 9.89 Å². The van der Waals surface area contributed by atoms with Crippen LogP contribution in [0.3, 0.4) is 0 Å². The summed E-state index contributed by atoms with van der Waals surface area (Å²) in [7, 11) is 0. The second-order valence-electron chi connectivity index (χ2n) is 3.67. The molecule has 1 heterocycles. The lowest BCUT2D eigenvalue weighted by molar-refractivity contribution is -0.114. The second kappa shape index (κ2) is 4.70. The number of H-pyrrole nitrogens is 1. The molecule has 0 fully saturated rings. The lowest BCUT2D eigenvalue weighted by atomic mass is 10.1. The number of carboxylic acids is 1. The van der Waals surface area contributed by atoms with Gasteiger partial charge in [-0.1, -0.05) is 30.3 Å². The third-order valence-corrected chi connectivity index (χ3v) is 2.34. The first-order valence-corrected chi connectivity index (χ1v) is 5.24. The van der Waals surface area contributed by atoms with Crippen molar-refractivity contribution in [2.75, 3.05) is 5.32 Å². The Morgan fingerprint density at radius 3 is 2.50 bits per heavy atom. The molecule has 0 aliphatic rings. The normalized spacial score (nSPS) is 10.1. The molecular formula is C12H11N3O3. The molecule has 0 aliphatic carbocycles. The van der Waals surface area contributed by atoms with Crippen LogP contribution in [0, 0.1) is 0 Å². The van der Waals surface area contributed by atoms with Gasteiger partial charge in [0.05, 0.1) is 5.56 Å². The quantitative estimate of drug-likeness (QED) is 0.767. The van der Waals surface area contributed by atoms with E-state index in [1.54, 1.807) is 24.3 Å². The molecule has 6 nitrogen and oxygen atoms in total. The highest BCUT2D eigenvalue weighted by atomic mass is 16.4. The Balaban J connectivity index is 2.57. The van der Waals surface area contributed by atoms with Gasteiger partial charge in [0, 0.05) is 6.92 Å². The minimum Gasteiger partial charge on any atom is -0.477 e. The molecule has 1 aromatic carbocycles. The minimum atomic E-state index is -1.13. The van der Waals surface area contributed by atoms with Crippen molar-refractivity contribution in [3.05, 3.63) is 36.0 Å². The van der Waals surface area contributed by atoms with E-state index in [0.717, 1.165) is 0 Å². The minimum absolute atomic E-state index is 0.0510. The van der Waals surface area contributed by atoms with E-state index in [1.165, 1.54) is 6.92 Å². The second-order valence-corrected chi connectivity index (χ2v) is 3.67. The van der Waals surface area contributed by atoms with E-state index in [1.807, 2.05) is 6.07 Å². The van der Waals surface area contributed by atoms with E-state index in [9.17, 15) is 9.59 Å². The molecular weight excluding hydrogens is 234 g/mol. The van der Waals surface area contributed by atoms with Crippen LogP contribution < -0.4 is 5.32 Å². The molecule has 2 rings (SSSR count). The van der Waals surface area contributed by atoms with Crippen LogP contribution in [-0.4, -0.2) is 27.2 Å². The lowest BCUT2D eigenvalue weighted by Gasteiger charge is -2.04. The molecule has 0 radical (unpaired) electrons. The van der Waals surface area contributed by atoms with Crippen LogP contribution in [0.4, 0.5) is 5.82 Å². The summed E-state index contributed by atoms with van der Waals surface area (Å²) in [5.74, 6) is -1.22. The van der Waals surface area contributed by atoms with Crippen molar-refractivity contribution >= 4 is 17.7 Å². The van der Waals surface area contributed by atoms with E-state index in [2.05, 4.69) is 15.5 Å². The van der Waals surface area contributed by atoms with Gasteiger partial charge in [-0.2, -0.15) is 5.10 Å². The Morgan fingerprint density at radius 2 is 1.94 bits per heavy atom. The summed E-state index contributed by atoms with van der Waals surface area (Å²) in [4.78, 5) is 22.2. The molecule has 1 aromatic heterocycles. The van der Waals surface area contributed by atoms with E-state index in [0.29, 0.717) is 11.1 Å². The maximum absolute atomic E-state index is 11.1. The molecule has 1 amide bonds. The number of aromatic amines is 1. The highest BCUT2D eigenvalue weighted by Crippen LogP contribution is 2.29. The van der Waals surface area contributed by atoms with Crippen molar-refractivity contribution in [3.63, 3.8) is 0 Å². The lowest BCUT2D eigenvalue weighted by Crippen LogP contribution is -2.07. The number of hydrogen-bond acceptors (Lipinski definition) is 3. The number of rotatable bonds is 3. The van der Waals surface area contributed by atoms with Crippen LogP contribution in [0.5, 0.6) is 0 Å². The number of nitrogens with zero attached hydrogens (tertiary/aromatic N) is 1. The third-order valence-electron chi connectivity index (χ3n) is 2.34. The Labute approximate surface area is 103 Å².